The molecule has 0 unspecified atom stereocenters. The molecular weight excluding hydrogens is 254 g/mol. The second-order valence-electron chi connectivity index (χ2n) is 7.48. The number of nitrogens with zero attached hydrogens (tertiary/aromatic N) is 1. The highest BCUT2D eigenvalue weighted by atomic mass is 16.5. The Labute approximate surface area is 121 Å². The van der Waals surface area contributed by atoms with Crippen LogP contribution in [0.4, 0.5) is 0 Å². The molecule has 2 bridgehead atoms. The van der Waals surface area contributed by atoms with Crippen LogP contribution in [-0.4, -0.2) is 49.8 Å². The van der Waals surface area contributed by atoms with Gasteiger partial charge in [-0.3, -0.25) is 9.69 Å². The van der Waals surface area contributed by atoms with Crippen molar-refractivity contribution < 1.29 is 14.3 Å². The molecule has 0 aromatic heterocycles. The monoisotopic (exact) mass is 281 g/mol. The first-order valence-electron chi connectivity index (χ1n) is 7.93. The lowest BCUT2D eigenvalue weighted by Crippen LogP contribution is -2.43. The van der Waals surface area contributed by atoms with Crippen LogP contribution >= 0.6 is 0 Å². The van der Waals surface area contributed by atoms with E-state index in [1.165, 1.54) is 12.8 Å². The molecule has 20 heavy (non-hydrogen) atoms. The Bertz CT molecular complexity index is 389. The van der Waals surface area contributed by atoms with Gasteiger partial charge in [0.05, 0.1) is 19.8 Å². The van der Waals surface area contributed by atoms with Crippen molar-refractivity contribution in [2.75, 3.05) is 32.8 Å². The number of ether oxygens (including phenoxy) is 2. The Morgan fingerprint density at radius 2 is 2.00 bits per heavy atom. The molecule has 1 heterocycles. The Hall–Kier alpha value is -0.610. The van der Waals surface area contributed by atoms with Crippen molar-refractivity contribution in [1.29, 1.82) is 0 Å². The molecule has 4 heteroatoms. The Kier molecular flexibility index (Phi) is 3.57. The molecule has 0 N–H and O–H groups in total. The van der Waals surface area contributed by atoms with Crippen LogP contribution in [0, 0.1) is 16.7 Å². The molecule has 1 aliphatic heterocycles. The van der Waals surface area contributed by atoms with Crippen molar-refractivity contribution in [2.24, 2.45) is 16.7 Å². The highest BCUT2D eigenvalue weighted by molar-refractivity contribution is 5.72. The summed E-state index contributed by atoms with van der Waals surface area (Å²) in [5, 5.41) is 0. The molecule has 0 aromatic rings. The predicted molar refractivity (Wildman–Crippen MR) is 76.4 cm³/mol. The van der Waals surface area contributed by atoms with E-state index in [2.05, 4.69) is 25.7 Å². The number of hydrogen-bond donors (Lipinski definition) is 0. The highest BCUT2D eigenvalue weighted by Gasteiger charge is 2.62. The average molecular weight is 281 g/mol. The minimum absolute atomic E-state index is 0.0542. The van der Waals surface area contributed by atoms with E-state index in [0.717, 1.165) is 32.7 Å². The third-order valence-electron chi connectivity index (χ3n) is 6.44. The lowest BCUT2D eigenvalue weighted by Gasteiger charge is -2.38. The quantitative estimate of drug-likeness (QED) is 0.742. The van der Waals surface area contributed by atoms with Gasteiger partial charge >= 0.3 is 5.97 Å². The van der Waals surface area contributed by atoms with Gasteiger partial charge < -0.3 is 9.47 Å². The largest absolute Gasteiger partial charge is 0.461 e. The maximum Gasteiger partial charge on any atom is 0.320 e. The molecule has 2 aliphatic carbocycles. The van der Waals surface area contributed by atoms with E-state index in [9.17, 15) is 4.79 Å². The molecule has 114 valence electrons. The highest BCUT2D eigenvalue weighted by Crippen LogP contribution is 2.66. The zero-order valence-electron chi connectivity index (χ0n) is 13.0. The summed E-state index contributed by atoms with van der Waals surface area (Å²) in [6.45, 7) is 10.6. The van der Waals surface area contributed by atoms with E-state index in [0.29, 0.717) is 17.9 Å². The summed E-state index contributed by atoms with van der Waals surface area (Å²) >= 11 is 0. The van der Waals surface area contributed by atoms with Crippen molar-refractivity contribution in [3.63, 3.8) is 0 Å². The summed E-state index contributed by atoms with van der Waals surface area (Å²) in [6.07, 6.45) is 3.66. The average Bonchev–Trinajstić information content (AvgIpc) is 2.73. The van der Waals surface area contributed by atoms with Crippen LogP contribution in [0.2, 0.25) is 0 Å². The topological polar surface area (TPSA) is 38.8 Å². The van der Waals surface area contributed by atoms with Crippen LogP contribution in [0.1, 0.15) is 40.0 Å². The van der Waals surface area contributed by atoms with Gasteiger partial charge in [-0.2, -0.15) is 0 Å². The summed E-state index contributed by atoms with van der Waals surface area (Å²) in [5.74, 6) is 0.662. The molecule has 0 radical (unpaired) electrons. The fraction of sp³-hybridized carbons (Fsp3) is 0.938. The zero-order chi connectivity index (χ0) is 14.4. The lowest BCUT2D eigenvalue weighted by molar-refractivity contribution is -0.159. The van der Waals surface area contributed by atoms with Crippen LogP contribution < -0.4 is 0 Å². The second-order valence-corrected chi connectivity index (χ2v) is 7.48. The van der Waals surface area contributed by atoms with Crippen LogP contribution in [0.3, 0.4) is 0 Å². The summed E-state index contributed by atoms with van der Waals surface area (Å²) in [6, 6.07) is 0. The normalized spacial score (nSPS) is 40.0. The van der Waals surface area contributed by atoms with Crippen molar-refractivity contribution in [3.05, 3.63) is 0 Å². The molecule has 0 amide bonds. The minimum Gasteiger partial charge on any atom is -0.461 e. The SMILES string of the molecule is CC1(C)[C@H]2CC[C@]1(C)[C@@H](OC(=O)CN1CCOCC1)C2. The van der Waals surface area contributed by atoms with Crippen molar-refractivity contribution in [3.8, 4) is 0 Å². The maximum atomic E-state index is 12.2. The number of fused-ring (bicyclic) bond motifs is 2. The van der Waals surface area contributed by atoms with Crippen LogP contribution in [0.5, 0.6) is 0 Å². The molecular formula is C16H27NO3. The molecule has 4 nitrogen and oxygen atoms in total. The lowest BCUT2D eigenvalue weighted by atomic mass is 9.70. The van der Waals surface area contributed by atoms with Crippen LogP contribution in [0.25, 0.3) is 0 Å². The maximum absolute atomic E-state index is 12.2. The molecule has 1 saturated heterocycles. The van der Waals surface area contributed by atoms with Gasteiger partial charge in [0, 0.05) is 18.5 Å². The van der Waals surface area contributed by atoms with Crippen molar-refractivity contribution in [1.82, 2.24) is 4.90 Å². The van der Waals surface area contributed by atoms with Gasteiger partial charge in [0.2, 0.25) is 0 Å². The predicted octanol–water partition coefficient (Wildman–Crippen LogP) is 2.08. The summed E-state index contributed by atoms with van der Waals surface area (Å²) in [4.78, 5) is 14.3. The fourth-order valence-electron chi connectivity index (χ4n) is 4.45. The van der Waals surface area contributed by atoms with Gasteiger partial charge in [0.1, 0.15) is 6.10 Å². The van der Waals surface area contributed by atoms with Crippen LogP contribution in [0.15, 0.2) is 0 Å². The number of esters is 1. The van der Waals surface area contributed by atoms with Gasteiger partial charge in [0.15, 0.2) is 0 Å². The summed E-state index contributed by atoms with van der Waals surface area (Å²) in [7, 11) is 0. The number of morpholine rings is 1. The van der Waals surface area contributed by atoms with Crippen molar-refractivity contribution >= 4 is 5.97 Å². The molecule has 3 atom stereocenters. The van der Waals surface area contributed by atoms with Gasteiger partial charge in [-0.05, 0) is 30.6 Å². The van der Waals surface area contributed by atoms with Crippen LogP contribution in [-0.2, 0) is 14.3 Å². The number of rotatable bonds is 3. The summed E-state index contributed by atoms with van der Waals surface area (Å²) in [5.41, 5.74) is 0.468. The number of carbonyl (C=O) groups excluding carboxylic acids is 1. The Morgan fingerprint density at radius 3 is 2.55 bits per heavy atom. The molecule has 3 rings (SSSR count). The van der Waals surface area contributed by atoms with E-state index in [4.69, 9.17) is 9.47 Å². The fourth-order valence-corrected chi connectivity index (χ4v) is 4.45. The van der Waals surface area contributed by atoms with Gasteiger partial charge in [0.25, 0.3) is 0 Å². The van der Waals surface area contributed by atoms with E-state index in [1.54, 1.807) is 0 Å². The molecule has 0 aromatic carbocycles. The zero-order valence-corrected chi connectivity index (χ0v) is 13.0. The molecule has 2 saturated carbocycles. The van der Waals surface area contributed by atoms with E-state index in [1.807, 2.05) is 0 Å². The number of carbonyl (C=O) groups is 1. The second kappa shape index (κ2) is 4.99. The first kappa shape index (κ1) is 14.3. The third kappa shape index (κ3) is 2.17. The van der Waals surface area contributed by atoms with Gasteiger partial charge in [-0.25, -0.2) is 0 Å². The molecule has 3 aliphatic rings. The third-order valence-corrected chi connectivity index (χ3v) is 6.44. The molecule has 3 fully saturated rings. The van der Waals surface area contributed by atoms with E-state index < -0.39 is 0 Å². The van der Waals surface area contributed by atoms with Crippen molar-refractivity contribution in [2.45, 2.75) is 46.1 Å². The minimum atomic E-state index is -0.0542. The van der Waals surface area contributed by atoms with Gasteiger partial charge in [-0.1, -0.05) is 20.8 Å². The smallest absolute Gasteiger partial charge is 0.320 e. The van der Waals surface area contributed by atoms with Gasteiger partial charge in [-0.15, -0.1) is 0 Å². The van der Waals surface area contributed by atoms with E-state index in [-0.39, 0.29) is 17.5 Å². The Balaban J connectivity index is 1.57. The Morgan fingerprint density at radius 1 is 1.30 bits per heavy atom. The first-order chi connectivity index (χ1) is 9.43. The standard InChI is InChI=1S/C16H27NO3/c1-15(2)12-4-5-16(15,3)13(10-12)20-14(18)11-17-6-8-19-9-7-17/h12-13H,4-11H2,1-3H3/t12-,13-,16+/m0/s1. The molecule has 0 spiro atoms. The summed E-state index contributed by atoms with van der Waals surface area (Å²) < 4.78 is 11.2. The first-order valence-corrected chi connectivity index (χ1v) is 7.93. The number of hydrogen-bond acceptors (Lipinski definition) is 4. The van der Waals surface area contributed by atoms with E-state index >= 15 is 0 Å².